The number of rotatable bonds is 7. The van der Waals surface area contributed by atoms with Gasteiger partial charge in [0.05, 0.1) is 18.4 Å². The topological polar surface area (TPSA) is 99.4 Å². The summed E-state index contributed by atoms with van der Waals surface area (Å²) in [5.74, 6) is -0.158. The Bertz CT molecular complexity index is 569. The van der Waals surface area contributed by atoms with Crippen LogP contribution in [0.3, 0.4) is 0 Å². The van der Waals surface area contributed by atoms with Crippen molar-refractivity contribution in [1.82, 2.24) is 15.3 Å². The van der Waals surface area contributed by atoms with Crippen LogP contribution in [-0.4, -0.2) is 41.8 Å². The van der Waals surface area contributed by atoms with Crippen LogP contribution in [0.4, 0.5) is 5.95 Å². The molecule has 0 amide bonds. The van der Waals surface area contributed by atoms with Crippen molar-refractivity contribution in [3.8, 4) is 0 Å². The standard InChI is InChI=1S/C17H26N4O3/c1-3-24-16(22)9-4-12-10-20-17(18)21-15(12)11-19-13-5-7-14(23-2)8-6-13/h4,9-10,13-14,19H,3,5-8,11H2,1-2H3,(H2,18,20,21). The van der Waals surface area contributed by atoms with Crippen molar-refractivity contribution in [2.24, 2.45) is 0 Å². The van der Waals surface area contributed by atoms with Crippen LogP contribution >= 0.6 is 0 Å². The highest BCUT2D eigenvalue weighted by Gasteiger charge is 2.20. The van der Waals surface area contributed by atoms with Gasteiger partial charge in [-0.15, -0.1) is 0 Å². The van der Waals surface area contributed by atoms with E-state index < -0.39 is 0 Å². The summed E-state index contributed by atoms with van der Waals surface area (Å²) >= 11 is 0. The van der Waals surface area contributed by atoms with Crippen molar-refractivity contribution >= 4 is 18.0 Å². The molecular formula is C17H26N4O3. The van der Waals surface area contributed by atoms with E-state index in [9.17, 15) is 4.79 Å². The van der Waals surface area contributed by atoms with Gasteiger partial charge in [0.15, 0.2) is 0 Å². The number of hydrogen-bond acceptors (Lipinski definition) is 7. The highest BCUT2D eigenvalue weighted by Crippen LogP contribution is 2.21. The number of nitrogens with zero attached hydrogens (tertiary/aromatic N) is 2. The minimum Gasteiger partial charge on any atom is -0.463 e. The summed E-state index contributed by atoms with van der Waals surface area (Å²) in [6.07, 6.45) is 9.32. The quantitative estimate of drug-likeness (QED) is 0.578. The number of ether oxygens (including phenoxy) is 2. The van der Waals surface area contributed by atoms with Crippen LogP contribution in [0.1, 0.15) is 43.9 Å². The van der Waals surface area contributed by atoms with E-state index in [1.54, 1.807) is 26.3 Å². The van der Waals surface area contributed by atoms with Crippen LogP contribution in [0, 0.1) is 0 Å². The first-order chi connectivity index (χ1) is 11.6. The molecule has 7 heteroatoms. The molecule has 1 aromatic rings. The number of carbonyl (C=O) groups excluding carboxylic acids is 1. The van der Waals surface area contributed by atoms with Crippen molar-refractivity contribution < 1.29 is 14.3 Å². The third kappa shape index (κ3) is 5.58. The largest absolute Gasteiger partial charge is 0.463 e. The molecule has 24 heavy (non-hydrogen) atoms. The second-order valence-electron chi connectivity index (χ2n) is 5.81. The highest BCUT2D eigenvalue weighted by molar-refractivity contribution is 5.87. The van der Waals surface area contributed by atoms with Crippen molar-refractivity contribution in [2.75, 3.05) is 19.5 Å². The molecule has 0 bridgehead atoms. The molecule has 1 saturated carbocycles. The van der Waals surface area contributed by atoms with Gasteiger partial charge in [-0.1, -0.05) is 0 Å². The summed E-state index contributed by atoms with van der Waals surface area (Å²) < 4.78 is 10.3. The summed E-state index contributed by atoms with van der Waals surface area (Å²) in [4.78, 5) is 19.7. The van der Waals surface area contributed by atoms with Gasteiger partial charge >= 0.3 is 5.97 Å². The van der Waals surface area contributed by atoms with E-state index >= 15 is 0 Å². The van der Waals surface area contributed by atoms with E-state index in [1.165, 1.54) is 6.08 Å². The zero-order chi connectivity index (χ0) is 17.4. The third-order valence-electron chi connectivity index (χ3n) is 4.17. The normalized spacial score (nSPS) is 21.1. The first-order valence-electron chi connectivity index (χ1n) is 8.34. The summed E-state index contributed by atoms with van der Waals surface area (Å²) in [7, 11) is 1.77. The number of hydrogen-bond donors (Lipinski definition) is 2. The van der Waals surface area contributed by atoms with Gasteiger partial charge in [0.25, 0.3) is 0 Å². The Morgan fingerprint density at radius 1 is 1.42 bits per heavy atom. The molecule has 0 spiro atoms. The summed E-state index contributed by atoms with van der Waals surface area (Å²) in [5.41, 5.74) is 7.23. The number of aromatic nitrogens is 2. The first-order valence-corrected chi connectivity index (χ1v) is 8.34. The van der Waals surface area contributed by atoms with Crippen molar-refractivity contribution in [1.29, 1.82) is 0 Å². The molecule has 1 heterocycles. The van der Waals surface area contributed by atoms with Crippen LogP contribution in [0.2, 0.25) is 0 Å². The molecule has 3 N–H and O–H groups in total. The Morgan fingerprint density at radius 2 is 2.17 bits per heavy atom. The monoisotopic (exact) mass is 334 g/mol. The Kier molecular flexibility index (Phi) is 7.14. The van der Waals surface area contributed by atoms with Crippen molar-refractivity contribution in [2.45, 2.75) is 51.3 Å². The van der Waals surface area contributed by atoms with Crippen LogP contribution in [0.5, 0.6) is 0 Å². The number of carbonyl (C=O) groups is 1. The third-order valence-corrected chi connectivity index (χ3v) is 4.17. The fraction of sp³-hybridized carbons (Fsp3) is 0.588. The average molecular weight is 334 g/mol. The van der Waals surface area contributed by atoms with Crippen LogP contribution < -0.4 is 11.1 Å². The van der Waals surface area contributed by atoms with Gasteiger partial charge in [0.2, 0.25) is 5.95 Å². The Morgan fingerprint density at radius 3 is 2.83 bits per heavy atom. The van der Waals surface area contributed by atoms with E-state index in [2.05, 4.69) is 15.3 Å². The van der Waals surface area contributed by atoms with Gasteiger partial charge in [0, 0.05) is 37.5 Å². The SMILES string of the molecule is CCOC(=O)C=Cc1cnc(N)nc1CNC1CCC(OC)CC1. The molecule has 7 nitrogen and oxygen atoms in total. The van der Waals surface area contributed by atoms with Crippen LogP contribution in [-0.2, 0) is 20.8 Å². The van der Waals surface area contributed by atoms with Gasteiger partial charge in [-0.05, 0) is 38.7 Å². The van der Waals surface area contributed by atoms with Gasteiger partial charge < -0.3 is 20.5 Å². The van der Waals surface area contributed by atoms with E-state index in [-0.39, 0.29) is 11.9 Å². The lowest BCUT2D eigenvalue weighted by molar-refractivity contribution is -0.137. The predicted molar refractivity (Wildman–Crippen MR) is 92.0 cm³/mol. The molecule has 0 aliphatic heterocycles. The molecule has 1 fully saturated rings. The molecule has 132 valence electrons. The van der Waals surface area contributed by atoms with Gasteiger partial charge in [-0.2, -0.15) is 0 Å². The minimum absolute atomic E-state index is 0.225. The number of methoxy groups -OCH3 is 1. The maximum atomic E-state index is 11.5. The minimum atomic E-state index is -0.383. The van der Waals surface area contributed by atoms with Crippen molar-refractivity contribution in [3.05, 3.63) is 23.5 Å². The number of nitrogens with one attached hydrogen (secondary N) is 1. The Labute approximate surface area is 142 Å². The number of nitrogens with two attached hydrogens (primary N) is 1. The maximum absolute atomic E-state index is 11.5. The molecule has 0 atom stereocenters. The number of nitrogen functional groups attached to an aromatic ring is 1. The zero-order valence-electron chi connectivity index (χ0n) is 14.3. The number of anilines is 1. The second kappa shape index (κ2) is 9.34. The molecule has 1 aliphatic carbocycles. The van der Waals surface area contributed by atoms with E-state index in [0.29, 0.717) is 25.3 Å². The lowest BCUT2D eigenvalue weighted by Crippen LogP contribution is -2.35. The van der Waals surface area contributed by atoms with E-state index in [0.717, 1.165) is 36.9 Å². The molecule has 0 saturated heterocycles. The van der Waals surface area contributed by atoms with Gasteiger partial charge in [0.1, 0.15) is 0 Å². The van der Waals surface area contributed by atoms with Crippen LogP contribution in [0.25, 0.3) is 6.08 Å². The summed E-state index contributed by atoms with van der Waals surface area (Å²) in [6.45, 7) is 2.70. The molecule has 2 rings (SSSR count). The molecular weight excluding hydrogens is 308 g/mol. The summed E-state index contributed by atoms with van der Waals surface area (Å²) in [5, 5.41) is 3.51. The van der Waals surface area contributed by atoms with Gasteiger partial charge in [-0.25, -0.2) is 14.8 Å². The van der Waals surface area contributed by atoms with Crippen molar-refractivity contribution in [3.63, 3.8) is 0 Å². The lowest BCUT2D eigenvalue weighted by Gasteiger charge is -2.28. The summed E-state index contributed by atoms with van der Waals surface area (Å²) in [6, 6.07) is 0.439. The fourth-order valence-electron chi connectivity index (χ4n) is 2.81. The predicted octanol–water partition coefficient (Wildman–Crippen LogP) is 1.68. The fourth-order valence-corrected chi connectivity index (χ4v) is 2.81. The average Bonchev–Trinajstić information content (AvgIpc) is 2.60. The molecule has 0 radical (unpaired) electrons. The van der Waals surface area contributed by atoms with Crippen LogP contribution in [0.15, 0.2) is 12.3 Å². The molecule has 1 aliphatic rings. The lowest BCUT2D eigenvalue weighted by atomic mass is 9.93. The van der Waals surface area contributed by atoms with E-state index in [4.69, 9.17) is 15.2 Å². The molecule has 1 aromatic heterocycles. The molecule has 0 aromatic carbocycles. The smallest absolute Gasteiger partial charge is 0.330 e. The zero-order valence-corrected chi connectivity index (χ0v) is 14.3. The Balaban J connectivity index is 1.96. The van der Waals surface area contributed by atoms with Gasteiger partial charge in [-0.3, -0.25) is 0 Å². The maximum Gasteiger partial charge on any atom is 0.330 e. The molecule has 0 unspecified atom stereocenters. The Hall–Kier alpha value is -1.99. The van der Waals surface area contributed by atoms with E-state index in [1.807, 2.05) is 0 Å². The second-order valence-corrected chi connectivity index (χ2v) is 5.81. The first kappa shape index (κ1) is 18.4. The highest BCUT2D eigenvalue weighted by atomic mass is 16.5. The number of esters is 1.